The highest BCUT2D eigenvalue weighted by Gasteiger charge is 2.03. The maximum atomic E-state index is 4.48. The number of hydrogen-bond acceptors (Lipinski definition) is 4. The van der Waals surface area contributed by atoms with Gasteiger partial charge in [-0.25, -0.2) is 9.67 Å². The molecule has 1 N–H and O–H groups in total. The van der Waals surface area contributed by atoms with Crippen molar-refractivity contribution in [1.29, 1.82) is 0 Å². The van der Waals surface area contributed by atoms with E-state index in [9.17, 15) is 0 Å². The molecule has 0 amide bonds. The molecular weight excluding hydrogens is 282 g/mol. The first-order valence-electron chi connectivity index (χ1n) is 5.40. The van der Waals surface area contributed by atoms with Gasteiger partial charge in [-0.3, -0.25) is 4.98 Å². The van der Waals surface area contributed by atoms with Crippen LogP contribution >= 0.6 is 15.9 Å². The van der Waals surface area contributed by atoms with Gasteiger partial charge in [-0.2, -0.15) is 5.10 Å². The predicted molar refractivity (Wildman–Crippen MR) is 68.8 cm³/mol. The van der Waals surface area contributed by atoms with E-state index in [2.05, 4.69) is 50.2 Å². The molecular formula is C11H14BrN5. The Bertz CT molecular complexity index is 494. The fourth-order valence-corrected chi connectivity index (χ4v) is 1.61. The smallest absolute Gasteiger partial charge is 0.172 e. The van der Waals surface area contributed by atoms with E-state index < -0.39 is 0 Å². The molecule has 0 radical (unpaired) electrons. The first-order chi connectivity index (χ1) is 8.15. The average molecular weight is 296 g/mol. The molecule has 2 rings (SSSR count). The minimum absolute atomic E-state index is 0.430. The second-order valence-electron chi connectivity index (χ2n) is 4.01. The van der Waals surface area contributed by atoms with Crippen LogP contribution in [0.15, 0.2) is 29.3 Å². The van der Waals surface area contributed by atoms with Crippen molar-refractivity contribution in [2.24, 2.45) is 0 Å². The number of aromatic nitrogens is 4. The summed E-state index contributed by atoms with van der Waals surface area (Å²) in [5, 5.41) is 7.47. The van der Waals surface area contributed by atoms with E-state index >= 15 is 0 Å². The van der Waals surface area contributed by atoms with Crippen molar-refractivity contribution in [2.45, 2.75) is 26.4 Å². The highest BCUT2D eigenvalue weighted by Crippen LogP contribution is 2.10. The van der Waals surface area contributed by atoms with Gasteiger partial charge in [0, 0.05) is 25.0 Å². The molecule has 90 valence electrons. The third-order valence-electron chi connectivity index (χ3n) is 2.15. The zero-order valence-electron chi connectivity index (χ0n) is 9.76. The molecule has 0 saturated heterocycles. The van der Waals surface area contributed by atoms with Gasteiger partial charge in [0.15, 0.2) is 5.82 Å². The molecule has 0 unspecified atom stereocenters. The zero-order chi connectivity index (χ0) is 12.3. The Morgan fingerprint density at radius 2 is 2.18 bits per heavy atom. The molecule has 2 aromatic heterocycles. The van der Waals surface area contributed by atoms with E-state index in [4.69, 9.17) is 0 Å². The number of rotatable bonds is 4. The summed E-state index contributed by atoms with van der Waals surface area (Å²) in [4.78, 5) is 8.65. The first kappa shape index (κ1) is 12.2. The summed E-state index contributed by atoms with van der Waals surface area (Å²) in [6.45, 7) is 4.91. The summed E-state index contributed by atoms with van der Waals surface area (Å²) < 4.78 is 2.61. The van der Waals surface area contributed by atoms with Crippen LogP contribution in [0.5, 0.6) is 0 Å². The van der Waals surface area contributed by atoms with Gasteiger partial charge < -0.3 is 5.32 Å². The Morgan fingerprint density at radius 1 is 1.35 bits per heavy atom. The topological polar surface area (TPSA) is 55.6 Å². The number of nitrogens with zero attached hydrogens (tertiary/aromatic N) is 4. The molecule has 0 atom stereocenters. The van der Waals surface area contributed by atoms with Crippen molar-refractivity contribution in [3.63, 3.8) is 0 Å². The van der Waals surface area contributed by atoms with Crippen molar-refractivity contribution in [3.05, 3.63) is 35.0 Å². The molecule has 0 aliphatic carbocycles. The van der Waals surface area contributed by atoms with Crippen LogP contribution in [-0.2, 0) is 6.54 Å². The summed E-state index contributed by atoms with van der Waals surface area (Å²) in [5.74, 6) is 0.721. The molecule has 0 saturated carbocycles. The van der Waals surface area contributed by atoms with E-state index in [0.717, 1.165) is 16.0 Å². The lowest BCUT2D eigenvalue weighted by atomic mass is 10.3. The van der Waals surface area contributed by atoms with Crippen LogP contribution in [-0.4, -0.2) is 25.8 Å². The van der Waals surface area contributed by atoms with Gasteiger partial charge in [0.05, 0.1) is 22.6 Å². The number of nitrogens with one attached hydrogen (secondary N) is 1. The molecule has 0 aliphatic rings. The molecule has 0 fully saturated rings. The molecule has 0 aliphatic heterocycles. The van der Waals surface area contributed by atoms with Crippen LogP contribution in [0.4, 0.5) is 0 Å². The fraction of sp³-hybridized carbons (Fsp3) is 0.364. The van der Waals surface area contributed by atoms with Gasteiger partial charge in [0.25, 0.3) is 0 Å². The largest absolute Gasteiger partial charge is 0.309 e. The summed E-state index contributed by atoms with van der Waals surface area (Å²) in [6.07, 6.45) is 7.03. The second kappa shape index (κ2) is 5.37. The quantitative estimate of drug-likeness (QED) is 0.936. The molecule has 6 heteroatoms. The van der Waals surface area contributed by atoms with E-state index in [1.54, 1.807) is 23.3 Å². The van der Waals surface area contributed by atoms with Crippen molar-refractivity contribution in [3.8, 4) is 5.82 Å². The van der Waals surface area contributed by atoms with Crippen LogP contribution in [0.2, 0.25) is 0 Å². The fourth-order valence-electron chi connectivity index (χ4n) is 1.33. The van der Waals surface area contributed by atoms with Crippen LogP contribution in [0.25, 0.3) is 5.82 Å². The third kappa shape index (κ3) is 3.34. The van der Waals surface area contributed by atoms with E-state index in [1.165, 1.54) is 0 Å². The molecule has 2 heterocycles. The number of halogens is 1. The highest BCUT2D eigenvalue weighted by molar-refractivity contribution is 9.10. The molecule has 2 aromatic rings. The Morgan fingerprint density at radius 3 is 2.82 bits per heavy atom. The lowest BCUT2D eigenvalue weighted by molar-refractivity contribution is 0.579. The zero-order valence-corrected chi connectivity index (χ0v) is 11.3. The molecule has 17 heavy (non-hydrogen) atoms. The second-order valence-corrected chi connectivity index (χ2v) is 4.92. The molecule has 5 nitrogen and oxygen atoms in total. The molecule has 0 bridgehead atoms. The SMILES string of the molecule is CC(C)NCc1cncc(-n2cc(Br)cn2)n1. The van der Waals surface area contributed by atoms with Crippen LogP contribution < -0.4 is 5.32 Å². The Kier molecular flexibility index (Phi) is 3.86. The van der Waals surface area contributed by atoms with Crippen molar-refractivity contribution in [1.82, 2.24) is 25.1 Å². The third-order valence-corrected chi connectivity index (χ3v) is 2.56. The summed E-state index contributed by atoms with van der Waals surface area (Å²) >= 11 is 3.35. The Labute approximate surface area is 108 Å². The van der Waals surface area contributed by atoms with Gasteiger partial charge >= 0.3 is 0 Å². The van der Waals surface area contributed by atoms with Gasteiger partial charge in [-0.15, -0.1) is 0 Å². The van der Waals surface area contributed by atoms with Crippen molar-refractivity contribution < 1.29 is 0 Å². The van der Waals surface area contributed by atoms with E-state index in [0.29, 0.717) is 12.6 Å². The minimum Gasteiger partial charge on any atom is -0.309 e. The van der Waals surface area contributed by atoms with Crippen LogP contribution in [0.3, 0.4) is 0 Å². The summed E-state index contributed by atoms with van der Waals surface area (Å²) in [5.41, 5.74) is 0.905. The molecule has 0 spiro atoms. The summed E-state index contributed by atoms with van der Waals surface area (Å²) in [7, 11) is 0. The predicted octanol–water partition coefficient (Wildman–Crippen LogP) is 1.92. The standard InChI is InChI=1S/C11H14BrN5/c1-8(2)14-5-10-4-13-6-11(16-10)17-7-9(12)3-15-17/h3-4,6-8,14H,5H2,1-2H3. The van der Waals surface area contributed by atoms with Gasteiger partial charge in [0.1, 0.15) is 0 Å². The van der Waals surface area contributed by atoms with Crippen molar-refractivity contribution >= 4 is 15.9 Å². The Balaban J connectivity index is 2.16. The van der Waals surface area contributed by atoms with Crippen molar-refractivity contribution in [2.75, 3.05) is 0 Å². The van der Waals surface area contributed by atoms with E-state index in [1.807, 2.05) is 6.20 Å². The maximum Gasteiger partial charge on any atom is 0.172 e. The first-order valence-corrected chi connectivity index (χ1v) is 6.19. The van der Waals surface area contributed by atoms with E-state index in [-0.39, 0.29) is 0 Å². The Hall–Kier alpha value is -1.27. The monoisotopic (exact) mass is 295 g/mol. The summed E-state index contributed by atoms with van der Waals surface area (Å²) in [6, 6.07) is 0.430. The maximum absolute atomic E-state index is 4.48. The van der Waals surface area contributed by atoms with Crippen LogP contribution in [0.1, 0.15) is 19.5 Å². The lowest BCUT2D eigenvalue weighted by Gasteiger charge is -2.08. The molecule has 0 aromatic carbocycles. The van der Waals surface area contributed by atoms with Crippen LogP contribution in [0, 0.1) is 0 Å². The van der Waals surface area contributed by atoms with Gasteiger partial charge in [0.2, 0.25) is 0 Å². The highest BCUT2D eigenvalue weighted by atomic mass is 79.9. The van der Waals surface area contributed by atoms with Gasteiger partial charge in [-0.1, -0.05) is 13.8 Å². The average Bonchev–Trinajstić information content (AvgIpc) is 2.74. The van der Waals surface area contributed by atoms with Gasteiger partial charge in [-0.05, 0) is 15.9 Å². The minimum atomic E-state index is 0.430. The lowest BCUT2D eigenvalue weighted by Crippen LogP contribution is -2.22. The normalized spacial score (nSPS) is 11.1. The number of hydrogen-bond donors (Lipinski definition) is 1.